The highest BCUT2D eigenvalue weighted by Crippen LogP contribution is 2.23. The van der Waals surface area contributed by atoms with Crippen molar-refractivity contribution in [1.82, 2.24) is 5.32 Å². The highest BCUT2D eigenvalue weighted by Gasteiger charge is 2.31. The van der Waals surface area contributed by atoms with Gasteiger partial charge in [-0.1, -0.05) is 0 Å². The lowest BCUT2D eigenvalue weighted by atomic mass is 10.2. The summed E-state index contributed by atoms with van der Waals surface area (Å²) in [6, 6.07) is 7.43. The third-order valence-electron chi connectivity index (χ3n) is 3.40. The summed E-state index contributed by atoms with van der Waals surface area (Å²) in [4.78, 5) is 24.3. The molecule has 0 bridgehead atoms. The fourth-order valence-electron chi connectivity index (χ4n) is 2.12. The lowest BCUT2D eigenvalue weighted by Crippen LogP contribution is -2.27. The second kappa shape index (κ2) is 9.96. The van der Waals surface area contributed by atoms with Crippen LogP contribution in [0.5, 0.6) is 0 Å². The van der Waals surface area contributed by atoms with E-state index in [0.29, 0.717) is 26.2 Å². The van der Waals surface area contributed by atoms with E-state index in [9.17, 15) is 9.59 Å². The van der Waals surface area contributed by atoms with Gasteiger partial charge < -0.3 is 25.8 Å². The minimum atomic E-state index is -0.372. The summed E-state index contributed by atoms with van der Waals surface area (Å²) in [6.07, 6.45) is -0.624. The van der Waals surface area contributed by atoms with Crippen LogP contribution in [0.2, 0.25) is 0 Å². The summed E-state index contributed by atoms with van der Waals surface area (Å²) in [5, 5.41) is 5.66. The maximum Gasteiger partial charge on any atom is 0.414 e. The molecular formula is C15H23ClN4O4. The van der Waals surface area contributed by atoms with Crippen molar-refractivity contribution in [3.63, 3.8) is 0 Å². The summed E-state index contributed by atoms with van der Waals surface area (Å²) in [6.45, 7) is 1.84. The van der Waals surface area contributed by atoms with Gasteiger partial charge in [-0.15, -0.1) is 12.4 Å². The molecule has 1 atom stereocenters. The van der Waals surface area contributed by atoms with Crippen LogP contribution in [-0.4, -0.2) is 58.0 Å². The number of nitrogens with one attached hydrogen (secondary N) is 2. The lowest BCUT2D eigenvalue weighted by molar-refractivity contribution is -0.125. The van der Waals surface area contributed by atoms with Gasteiger partial charge >= 0.3 is 6.09 Å². The number of anilines is 2. The molecule has 0 spiro atoms. The first kappa shape index (κ1) is 20.0. The van der Waals surface area contributed by atoms with Crippen LogP contribution in [-0.2, 0) is 14.3 Å². The predicted molar refractivity (Wildman–Crippen MR) is 93.7 cm³/mol. The number of rotatable bonds is 8. The Morgan fingerprint density at radius 1 is 1.42 bits per heavy atom. The zero-order valence-electron chi connectivity index (χ0n) is 13.5. The quantitative estimate of drug-likeness (QED) is 0.586. The van der Waals surface area contributed by atoms with E-state index in [4.69, 9.17) is 15.2 Å². The van der Waals surface area contributed by atoms with Gasteiger partial charge in [-0.05, 0) is 24.3 Å². The van der Waals surface area contributed by atoms with Crippen LogP contribution in [0.1, 0.15) is 0 Å². The number of benzene rings is 1. The zero-order valence-corrected chi connectivity index (χ0v) is 14.3. The fourth-order valence-corrected chi connectivity index (χ4v) is 2.12. The van der Waals surface area contributed by atoms with E-state index in [1.807, 2.05) is 24.3 Å². The Kier molecular flexibility index (Phi) is 8.31. The molecule has 9 heteroatoms. The highest BCUT2D eigenvalue weighted by molar-refractivity contribution is 5.90. The Hall–Kier alpha value is -2.03. The number of nitrogens with two attached hydrogens (primary N) is 1. The van der Waals surface area contributed by atoms with Crippen LogP contribution in [0.25, 0.3) is 0 Å². The molecule has 0 aromatic heterocycles. The van der Waals surface area contributed by atoms with Gasteiger partial charge in [0.2, 0.25) is 5.91 Å². The Labute approximate surface area is 147 Å². The van der Waals surface area contributed by atoms with E-state index in [1.54, 1.807) is 11.9 Å². The number of amides is 2. The second-order valence-electron chi connectivity index (χ2n) is 5.05. The third-order valence-corrected chi connectivity index (χ3v) is 3.40. The largest absolute Gasteiger partial charge is 0.443 e. The molecule has 2 rings (SSSR count). The van der Waals surface area contributed by atoms with Gasteiger partial charge in [-0.3, -0.25) is 9.69 Å². The van der Waals surface area contributed by atoms with E-state index < -0.39 is 0 Å². The van der Waals surface area contributed by atoms with E-state index in [1.165, 1.54) is 0 Å². The fraction of sp³-hybridized carbons (Fsp3) is 0.467. The SMILES string of the molecule is CNC(=O)COCCNc1ccc(N2C[C@H](CN)OC2=O)cc1.Cl. The third kappa shape index (κ3) is 5.55. The van der Waals surface area contributed by atoms with Crippen molar-refractivity contribution in [3.05, 3.63) is 24.3 Å². The van der Waals surface area contributed by atoms with E-state index >= 15 is 0 Å². The molecule has 8 nitrogen and oxygen atoms in total. The molecule has 1 aliphatic heterocycles. The minimum Gasteiger partial charge on any atom is -0.443 e. The second-order valence-corrected chi connectivity index (χ2v) is 5.05. The number of cyclic esters (lactones) is 1. The average molecular weight is 359 g/mol. The number of carbonyl (C=O) groups is 2. The predicted octanol–water partition coefficient (Wildman–Crippen LogP) is 0.567. The van der Waals surface area contributed by atoms with E-state index in [-0.39, 0.29) is 37.1 Å². The van der Waals surface area contributed by atoms with Crippen LogP contribution in [0, 0.1) is 0 Å². The molecule has 1 heterocycles. The van der Waals surface area contributed by atoms with Gasteiger partial charge in [0.25, 0.3) is 0 Å². The molecule has 1 aromatic rings. The molecule has 1 aliphatic rings. The van der Waals surface area contributed by atoms with Crippen molar-refractivity contribution in [1.29, 1.82) is 0 Å². The normalized spacial score (nSPS) is 16.3. The molecule has 0 aliphatic carbocycles. The van der Waals surface area contributed by atoms with Crippen LogP contribution in [0.15, 0.2) is 24.3 Å². The Bertz CT molecular complexity index is 541. The number of likely N-dealkylation sites (N-methyl/N-ethyl adjacent to an activating group) is 1. The van der Waals surface area contributed by atoms with Gasteiger partial charge in [0, 0.05) is 31.5 Å². The first-order valence-corrected chi connectivity index (χ1v) is 7.44. The Morgan fingerprint density at radius 2 is 2.12 bits per heavy atom. The lowest BCUT2D eigenvalue weighted by Gasteiger charge is -2.14. The average Bonchev–Trinajstić information content (AvgIpc) is 2.96. The highest BCUT2D eigenvalue weighted by atomic mass is 35.5. The standard InChI is InChI=1S/C15H22N4O4.ClH/c1-17-14(20)10-22-7-6-18-11-2-4-12(5-3-11)19-9-13(8-16)23-15(19)21;/h2-5,13,18H,6-10,16H2,1H3,(H,17,20);1H/t13-;/m0./s1. The monoisotopic (exact) mass is 358 g/mol. The number of carbonyl (C=O) groups excluding carboxylic acids is 2. The number of nitrogens with zero attached hydrogens (tertiary/aromatic N) is 1. The van der Waals surface area contributed by atoms with Gasteiger partial charge in [-0.2, -0.15) is 0 Å². The Morgan fingerprint density at radius 3 is 2.71 bits per heavy atom. The molecule has 0 saturated carbocycles. The summed E-state index contributed by atoms with van der Waals surface area (Å²) in [5.74, 6) is -0.150. The van der Waals surface area contributed by atoms with Crippen LogP contribution >= 0.6 is 12.4 Å². The van der Waals surface area contributed by atoms with Crippen molar-refractivity contribution in [2.75, 3.05) is 50.1 Å². The van der Waals surface area contributed by atoms with Gasteiger partial charge in [0.05, 0.1) is 13.2 Å². The van der Waals surface area contributed by atoms with Crippen molar-refractivity contribution in [2.45, 2.75) is 6.10 Å². The maximum atomic E-state index is 11.7. The molecule has 4 N–H and O–H groups in total. The zero-order chi connectivity index (χ0) is 16.7. The van der Waals surface area contributed by atoms with Crippen molar-refractivity contribution >= 4 is 35.8 Å². The van der Waals surface area contributed by atoms with Crippen molar-refractivity contribution < 1.29 is 19.1 Å². The minimum absolute atomic E-state index is 0. The number of hydrogen-bond acceptors (Lipinski definition) is 6. The summed E-state index contributed by atoms with van der Waals surface area (Å²) in [5.41, 5.74) is 7.19. The number of ether oxygens (including phenoxy) is 2. The Balaban J connectivity index is 0.00000288. The molecule has 2 amide bonds. The summed E-state index contributed by atoms with van der Waals surface area (Å²) < 4.78 is 10.3. The van der Waals surface area contributed by atoms with Crippen molar-refractivity contribution in [3.8, 4) is 0 Å². The molecule has 1 fully saturated rings. The topological polar surface area (TPSA) is 106 Å². The van der Waals surface area contributed by atoms with Crippen LogP contribution in [0.4, 0.5) is 16.2 Å². The number of halogens is 1. The molecule has 1 saturated heterocycles. The summed E-state index contributed by atoms with van der Waals surface area (Å²) in [7, 11) is 1.57. The molecule has 0 radical (unpaired) electrons. The first-order chi connectivity index (χ1) is 11.1. The van der Waals surface area contributed by atoms with Gasteiger partial charge in [0.1, 0.15) is 12.7 Å². The molecule has 0 unspecified atom stereocenters. The molecular weight excluding hydrogens is 336 g/mol. The van der Waals surface area contributed by atoms with Crippen LogP contribution in [0.3, 0.4) is 0 Å². The van der Waals surface area contributed by atoms with Crippen molar-refractivity contribution in [2.24, 2.45) is 5.73 Å². The first-order valence-electron chi connectivity index (χ1n) is 7.44. The number of hydrogen-bond donors (Lipinski definition) is 3. The van der Waals surface area contributed by atoms with Crippen LogP contribution < -0.4 is 21.3 Å². The smallest absolute Gasteiger partial charge is 0.414 e. The van der Waals surface area contributed by atoms with Gasteiger partial charge in [0.15, 0.2) is 0 Å². The van der Waals surface area contributed by atoms with Gasteiger partial charge in [-0.25, -0.2) is 4.79 Å². The maximum absolute atomic E-state index is 11.7. The molecule has 24 heavy (non-hydrogen) atoms. The van der Waals surface area contributed by atoms with E-state index in [0.717, 1.165) is 11.4 Å². The van der Waals surface area contributed by atoms with E-state index in [2.05, 4.69) is 10.6 Å². The molecule has 1 aromatic carbocycles. The summed E-state index contributed by atoms with van der Waals surface area (Å²) >= 11 is 0. The molecule has 134 valence electrons.